The van der Waals surface area contributed by atoms with Gasteiger partial charge in [-0.3, -0.25) is 4.79 Å². The number of alkyl halides is 3. The number of rotatable bonds is 14. The molecular weight excluding hydrogens is 383 g/mol. The summed E-state index contributed by atoms with van der Waals surface area (Å²) >= 11 is 1.27. The Morgan fingerprint density at radius 2 is 1.23 bits per heavy atom. The Balaban J connectivity index is 0. The second kappa shape index (κ2) is 18.9. The molecule has 12 heteroatoms. The topological polar surface area (TPSA) is 117 Å². The van der Waals surface area contributed by atoms with Gasteiger partial charge in [0.2, 0.25) is 0 Å². The molecule has 0 aromatic carbocycles. The van der Waals surface area contributed by atoms with Crippen molar-refractivity contribution in [3.8, 4) is 0 Å². The maximum atomic E-state index is 10.6. The number of aliphatic carboxylic acids is 1. The number of carboxylic acids is 1. The van der Waals surface area contributed by atoms with Gasteiger partial charge in [-0.1, -0.05) is 11.8 Å². The van der Waals surface area contributed by atoms with Crippen molar-refractivity contribution in [2.75, 3.05) is 65.2 Å². The average molecular weight is 409 g/mol. The molecule has 0 aromatic rings. The quantitative estimate of drug-likeness (QED) is 0.404. The number of thioether (sulfide) groups is 1. The van der Waals surface area contributed by atoms with Gasteiger partial charge in [0.05, 0.1) is 52.9 Å². The SMILES string of the molecule is CC(=O)SCCOCCOCCOCCOCCN.O=C(O)C(F)(F)F. The van der Waals surface area contributed by atoms with E-state index in [9.17, 15) is 18.0 Å². The van der Waals surface area contributed by atoms with Gasteiger partial charge in [0, 0.05) is 19.2 Å². The summed E-state index contributed by atoms with van der Waals surface area (Å²) in [5.41, 5.74) is 5.27. The molecule has 0 aromatic heterocycles. The van der Waals surface area contributed by atoms with Crippen molar-refractivity contribution in [3.05, 3.63) is 0 Å². The average Bonchev–Trinajstić information content (AvgIpc) is 2.54. The predicted molar refractivity (Wildman–Crippen MR) is 89.2 cm³/mol. The summed E-state index contributed by atoms with van der Waals surface area (Å²) in [7, 11) is 0. The molecule has 0 fully saturated rings. The van der Waals surface area contributed by atoms with Gasteiger partial charge in [-0.15, -0.1) is 0 Å². The highest BCUT2D eigenvalue weighted by Gasteiger charge is 2.38. The van der Waals surface area contributed by atoms with Crippen LogP contribution in [0.3, 0.4) is 0 Å². The third-order valence-electron chi connectivity index (χ3n) is 2.15. The highest BCUT2D eigenvalue weighted by molar-refractivity contribution is 8.13. The summed E-state index contributed by atoms with van der Waals surface area (Å²) in [6.07, 6.45) is -5.08. The van der Waals surface area contributed by atoms with Crippen LogP contribution < -0.4 is 5.73 Å². The lowest BCUT2D eigenvalue weighted by atomic mass is 10.7. The van der Waals surface area contributed by atoms with Crippen LogP contribution in [0.5, 0.6) is 0 Å². The maximum absolute atomic E-state index is 10.6. The molecule has 0 amide bonds. The van der Waals surface area contributed by atoms with E-state index in [1.807, 2.05) is 0 Å². The first-order valence-corrected chi connectivity index (χ1v) is 8.64. The molecule has 0 atom stereocenters. The zero-order valence-corrected chi connectivity index (χ0v) is 15.4. The monoisotopic (exact) mass is 409 g/mol. The lowest BCUT2D eigenvalue weighted by molar-refractivity contribution is -0.192. The van der Waals surface area contributed by atoms with E-state index in [0.717, 1.165) is 0 Å². The number of halogens is 3. The zero-order chi connectivity index (χ0) is 20.3. The number of nitrogens with two attached hydrogens (primary N) is 1. The molecule has 0 aliphatic rings. The Morgan fingerprint density at radius 1 is 0.885 bits per heavy atom. The summed E-state index contributed by atoms with van der Waals surface area (Å²) in [5.74, 6) is -2.06. The Hall–Kier alpha value is -0.920. The van der Waals surface area contributed by atoms with Crippen molar-refractivity contribution in [3.63, 3.8) is 0 Å². The summed E-state index contributed by atoms with van der Waals surface area (Å²) in [6, 6.07) is 0. The Morgan fingerprint density at radius 3 is 1.54 bits per heavy atom. The van der Waals surface area contributed by atoms with E-state index >= 15 is 0 Å². The minimum absolute atomic E-state index is 0.118. The van der Waals surface area contributed by atoms with Crippen molar-refractivity contribution in [1.82, 2.24) is 0 Å². The minimum atomic E-state index is -5.08. The van der Waals surface area contributed by atoms with Gasteiger partial charge < -0.3 is 29.8 Å². The molecule has 0 aliphatic heterocycles. The normalized spacial score (nSPS) is 11.0. The lowest BCUT2D eigenvalue weighted by Gasteiger charge is -2.06. The standard InChI is InChI=1S/C12H25NO5S.C2HF3O2/c1-12(14)19-11-10-18-9-8-17-7-6-16-5-4-15-3-2-13;3-2(4,5)1(6)7/h2-11,13H2,1H3;(H,6,7). The molecular formula is C14H26F3NO7S. The largest absolute Gasteiger partial charge is 0.490 e. The molecule has 0 rings (SSSR count). The van der Waals surface area contributed by atoms with Crippen LogP contribution in [0.2, 0.25) is 0 Å². The predicted octanol–water partition coefficient (Wildman–Crippen LogP) is 0.925. The molecule has 156 valence electrons. The number of carbonyl (C=O) groups is 2. The van der Waals surface area contributed by atoms with E-state index < -0.39 is 12.1 Å². The summed E-state index contributed by atoms with van der Waals surface area (Å²) in [4.78, 5) is 19.5. The smallest absolute Gasteiger partial charge is 0.475 e. The minimum Gasteiger partial charge on any atom is -0.475 e. The Kier molecular flexibility index (Phi) is 19.8. The maximum Gasteiger partial charge on any atom is 0.490 e. The van der Waals surface area contributed by atoms with Gasteiger partial charge in [-0.2, -0.15) is 13.2 Å². The van der Waals surface area contributed by atoms with E-state index in [2.05, 4.69) is 0 Å². The van der Waals surface area contributed by atoms with Crippen LogP contribution in [-0.4, -0.2) is 87.5 Å². The van der Waals surface area contributed by atoms with Crippen LogP contribution >= 0.6 is 11.8 Å². The first kappa shape index (κ1) is 27.3. The molecule has 0 saturated carbocycles. The van der Waals surface area contributed by atoms with Gasteiger partial charge in [-0.05, 0) is 0 Å². The molecule has 0 aliphatic carbocycles. The summed E-state index contributed by atoms with van der Waals surface area (Å²) < 4.78 is 52.8. The molecule has 8 nitrogen and oxygen atoms in total. The molecule has 3 N–H and O–H groups in total. The number of hydrogen-bond acceptors (Lipinski definition) is 8. The van der Waals surface area contributed by atoms with E-state index in [-0.39, 0.29) is 5.12 Å². The zero-order valence-electron chi connectivity index (χ0n) is 14.6. The van der Waals surface area contributed by atoms with Gasteiger partial charge in [-0.25, -0.2) is 4.79 Å². The van der Waals surface area contributed by atoms with E-state index in [4.69, 9.17) is 34.6 Å². The summed E-state index contributed by atoms with van der Waals surface area (Å²) in [5, 5.41) is 7.24. The molecule has 0 spiro atoms. The number of hydrogen-bond donors (Lipinski definition) is 2. The lowest BCUT2D eigenvalue weighted by Crippen LogP contribution is -2.21. The van der Waals surface area contributed by atoms with Crippen molar-refractivity contribution >= 4 is 22.8 Å². The highest BCUT2D eigenvalue weighted by Crippen LogP contribution is 2.13. The Bertz CT molecular complexity index is 360. The second-order valence-electron chi connectivity index (χ2n) is 4.38. The van der Waals surface area contributed by atoms with E-state index in [1.165, 1.54) is 11.8 Å². The van der Waals surface area contributed by atoms with Crippen LogP contribution in [0.4, 0.5) is 13.2 Å². The third kappa shape index (κ3) is 25.3. The first-order valence-electron chi connectivity index (χ1n) is 7.66. The van der Waals surface area contributed by atoms with Crippen LogP contribution in [-0.2, 0) is 28.5 Å². The molecule has 0 heterocycles. The second-order valence-corrected chi connectivity index (χ2v) is 5.65. The number of ether oxygens (including phenoxy) is 4. The fraction of sp³-hybridized carbons (Fsp3) is 0.857. The Labute approximate surface area is 154 Å². The molecule has 0 unspecified atom stereocenters. The van der Waals surface area contributed by atoms with Gasteiger partial charge in [0.1, 0.15) is 0 Å². The van der Waals surface area contributed by atoms with Crippen molar-refractivity contribution < 1.29 is 46.8 Å². The number of carbonyl (C=O) groups excluding carboxylic acids is 1. The van der Waals surface area contributed by atoms with Gasteiger partial charge >= 0.3 is 12.1 Å². The van der Waals surface area contributed by atoms with Crippen LogP contribution in [0.1, 0.15) is 6.92 Å². The van der Waals surface area contributed by atoms with E-state index in [0.29, 0.717) is 65.2 Å². The molecule has 0 radical (unpaired) electrons. The fourth-order valence-electron chi connectivity index (χ4n) is 1.09. The van der Waals surface area contributed by atoms with Crippen molar-refractivity contribution in [2.24, 2.45) is 5.73 Å². The fourth-order valence-corrected chi connectivity index (χ4v) is 1.58. The van der Waals surface area contributed by atoms with Crippen molar-refractivity contribution in [2.45, 2.75) is 13.1 Å². The van der Waals surface area contributed by atoms with Crippen LogP contribution in [0.15, 0.2) is 0 Å². The van der Waals surface area contributed by atoms with Gasteiger partial charge in [0.25, 0.3) is 0 Å². The molecule has 0 bridgehead atoms. The first-order chi connectivity index (χ1) is 12.2. The van der Waals surface area contributed by atoms with Crippen LogP contribution in [0, 0.1) is 0 Å². The van der Waals surface area contributed by atoms with E-state index in [1.54, 1.807) is 6.92 Å². The van der Waals surface area contributed by atoms with Crippen molar-refractivity contribution in [1.29, 1.82) is 0 Å². The molecule has 26 heavy (non-hydrogen) atoms. The van der Waals surface area contributed by atoms with Crippen LogP contribution in [0.25, 0.3) is 0 Å². The van der Waals surface area contributed by atoms with Gasteiger partial charge in [0.15, 0.2) is 5.12 Å². The highest BCUT2D eigenvalue weighted by atomic mass is 32.2. The third-order valence-corrected chi connectivity index (χ3v) is 2.93. The summed E-state index contributed by atoms with van der Waals surface area (Å²) in [6.45, 7) is 6.52. The molecule has 0 saturated heterocycles. The number of carboxylic acid groups (broad SMARTS) is 1.